The molecule has 0 spiro atoms. The van der Waals surface area contributed by atoms with Gasteiger partial charge in [-0.05, 0) is 43.5 Å². The molecule has 1 heterocycles. The van der Waals surface area contributed by atoms with Gasteiger partial charge in [0.25, 0.3) is 5.91 Å². The van der Waals surface area contributed by atoms with Gasteiger partial charge in [0.15, 0.2) is 6.61 Å². The maximum atomic E-state index is 12.1. The van der Waals surface area contributed by atoms with E-state index in [9.17, 15) is 9.59 Å². The Labute approximate surface area is 157 Å². The van der Waals surface area contributed by atoms with E-state index in [1.807, 2.05) is 25.1 Å². The van der Waals surface area contributed by atoms with Crippen LogP contribution < -0.4 is 5.32 Å². The van der Waals surface area contributed by atoms with Crippen LogP contribution in [-0.2, 0) is 22.5 Å². The Morgan fingerprint density at radius 2 is 1.96 bits per heavy atom. The van der Waals surface area contributed by atoms with E-state index >= 15 is 0 Å². The fourth-order valence-electron chi connectivity index (χ4n) is 2.76. The van der Waals surface area contributed by atoms with Crippen LogP contribution in [0.25, 0.3) is 11.0 Å². The Balaban J connectivity index is 1.42. The topological polar surface area (TPSA) is 86.1 Å². The lowest BCUT2D eigenvalue weighted by molar-refractivity contribution is -0.124. The summed E-state index contributed by atoms with van der Waals surface area (Å²) in [6.45, 7) is 2.90. The predicted molar refractivity (Wildman–Crippen MR) is 101 cm³/mol. The number of fused-ring (bicyclic) bond motifs is 1. The van der Waals surface area contributed by atoms with E-state index in [4.69, 9.17) is 4.74 Å². The smallest absolute Gasteiger partial charge is 0.338 e. The SMILES string of the molecule is CCn1nnc2cc(C(=O)OCC(=O)NCCCc3ccccc3)ccc21. The first-order chi connectivity index (χ1) is 13.2. The van der Waals surface area contributed by atoms with Crippen molar-refractivity contribution >= 4 is 22.9 Å². The molecule has 7 heteroatoms. The number of carbonyl (C=O) groups excluding carboxylic acids is 2. The minimum atomic E-state index is -0.553. The van der Waals surface area contributed by atoms with Gasteiger partial charge >= 0.3 is 5.97 Å². The van der Waals surface area contributed by atoms with Crippen LogP contribution in [0, 0.1) is 0 Å². The molecule has 0 radical (unpaired) electrons. The minimum absolute atomic E-state index is 0.302. The van der Waals surface area contributed by atoms with Gasteiger partial charge in [0.2, 0.25) is 0 Å². The number of amides is 1. The summed E-state index contributed by atoms with van der Waals surface area (Å²) >= 11 is 0. The zero-order valence-corrected chi connectivity index (χ0v) is 15.2. The second kappa shape index (κ2) is 8.93. The highest BCUT2D eigenvalue weighted by Gasteiger charge is 2.12. The number of esters is 1. The van der Waals surface area contributed by atoms with Crippen molar-refractivity contribution in [2.24, 2.45) is 0 Å². The molecule has 140 valence electrons. The highest BCUT2D eigenvalue weighted by atomic mass is 16.5. The third-order valence-corrected chi connectivity index (χ3v) is 4.19. The third-order valence-electron chi connectivity index (χ3n) is 4.19. The first-order valence-corrected chi connectivity index (χ1v) is 8.98. The summed E-state index contributed by atoms with van der Waals surface area (Å²) in [7, 11) is 0. The van der Waals surface area contributed by atoms with Gasteiger partial charge < -0.3 is 10.1 Å². The molecule has 0 aliphatic carbocycles. The van der Waals surface area contributed by atoms with Gasteiger partial charge in [-0.25, -0.2) is 9.48 Å². The van der Waals surface area contributed by atoms with Gasteiger partial charge in [0.05, 0.1) is 11.1 Å². The highest BCUT2D eigenvalue weighted by molar-refractivity contribution is 5.94. The number of hydrogen-bond acceptors (Lipinski definition) is 5. The average molecular weight is 366 g/mol. The average Bonchev–Trinajstić information content (AvgIpc) is 3.12. The molecule has 1 aromatic heterocycles. The van der Waals surface area contributed by atoms with Crippen molar-refractivity contribution in [2.45, 2.75) is 26.3 Å². The summed E-state index contributed by atoms with van der Waals surface area (Å²) in [5.74, 6) is -0.864. The molecule has 0 fully saturated rings. The van der Waals surface area contributed by atoms with Crippen molar-refractivity contribution in [1.82, 2.24) is 20.3 Å². The van der Waals surface area contributed by atoms with Crippen molar-refractivity contribution in [3.63, 3.8) is 0 Å². The van der Waals surface area contributed by atoms with Crippen LogP contribution in [0.15, 0.2) is 48.5 Å². The molecule has 2 aromatic carbocycles. The summed E-state index contributed by atoms with van der Waals surface area (Å²) in [6, 6.07) is 15.1. The van der Waals surface area contributed by atoms with Crippen molar-refractivity contribution in [3.05, 3.63) is 59.7 Å². The third kappa shape index (κ3) is 4.91. The van der Waals surface area contributed by atoms with Crippen LogP contribution in [-0.4, -0.2) is 40.0 Å². The van der Waals surface area contributed by atoms with E-state index < -0.39 is 5.97 Å². The predicted octanol–water partition coefficient (Wildman–Crippen LogP) is 2.36. The molecule has 0 saturated heterocycles. The summed E-state index contributed by atoms with van der Waals surface area (Å²) < 4.78 is 6.82. The van der Waals surface area contributed by atoms with Crippen LogP contribution in [0.3, 0.4) is 0 Å². The molecule has 0 aliphatic heterocycles. The van der Waals surface area contributed by atoms with Crippen molar-refractivity contribution < 1.29 is 14.3 Å². The van der Waals surface area contributed by atoms with Crippen molar-refractivity contribution in [2.75, 3.05) is 13.2 Å². The number of hydrogen-bond donors (Lipinski definition) is 1. The fourth-order valence-corrected chi connectivity index (χ4v) is 2.76. The van der Waals surface area contributed by atoms with Crippen molar-refractivity contribution in [1.29, 1.82) is 0 Å². The lowest BCUT2D eigenvalue weighted by atomic mass is 10.1. The summed E-state index contributed by atoms with van der Waals surface area (Å²) in [5, 5.41) is 10.8. The fraction of sp³-hybridized carbons (Fsp3) is 0.300. The van der Waals surface area contributed by atoms with E-state index in [2.05, 4.69) is 27.8 Å². The Bertz CT molecular complexity index is 921. The van der Waals surface area contributed by atoms with E-state index in [0.29, 0.717) is 24.2 Å². The number of aryl methyl sites for hydroxylation is 2. The summed E-state index contributed by atoms with van der Waals surface area (Å²) in [4.78, 5) is 24.0. The zero-order valence-electron chi connectivity index (χ0n) is 15.2. The van der Waals surface area contributed by atoms with Gasteiger partial charge in [-0.15, -0.1) is 5.10 Å². The zero-order chi connectivity index (χ0) is 19.1. The Morgan fingerprint density at radius 1 is 1.15 bits per heavy atom. The van der Waals surface area contributed by atoms with E-state index in [-0.39, 0.29) is 12.5 Å². The molecule has 3 rings (SSSR count). The minimum Gasteiger partial charge on any atom is -0.452 e. The monoisotopic (exact) mass is 366 g/mol. The Kier molecular flexibility index (Phi) is 6.14. The molecular weight excluding hydrogens is 344 g/mol. The molecule has 0 atom stereocenters. The molecule has 1 N–H and O–H groups in total. The quantitative estimate of drug-likeness (QED) is 0.489. The second-order valence-corrected chi connectivity index (χ2v) is 6.12. The maximum absolute atomic E-state index is 12.1. The van der Waals surface area contributed by atoms with E-state index in [1.165, 1.54) is 5.56 Å². The van der Waals surface area contributed by atoms with Gasteiger partial charge in [-0.3, -0.25) is 4.79 Å². The number of nitrogens with zero attached hydrogens (tertiary/aromatic N) is 3. The van der Waals surface area contributed by atoms with Crippen LogP contribution >= 0.6 is 0 Å². The first kappa shape index (κ1) is 18.6. The van der Waals surface area contributed by atoms with Crippen molar-refractivity contribution in [3.8, 4) is 0 Å². The van der Waals surface area contributed by atoms with Crippen LogP contribution in [0.1, 0.15) is 29.3 Å². The molecule has 27 heavy (non-hydrogen) atoms. The number of rotatable bonds is 8. The molecule has 1 amide bonds. The largest absolute Gasteiger partial charge is 0.452 e. The van der Waals surface area contributed by atoms with Crippen LogP contribution in [0.4, 0.5) is 0 Å². The Morgan fingerprint density at radius 3 is 2.74 bits per heavy atom. The Hall–Kier alpha value is -3.22. The van der Waals surface area contributed by atoms with E-state index in [1.54, 1.807) is 22.9 Å². The molecule has 0 saturated carbocycles. The molecule has 0 aliphatic rings. The normalized spacial score (nSPS) is 10.7. The molecular formula is C20H22N4O3. The number of nitrogens with one attached hydrogen (secondary N) is 1. The number of benzene rings is 2. The number of carbonyl (C=O) groups is 2. The maximum Gasteiger partial charge on any atom is 0.338 e. The summed E-state index contributed by atoms with van der Waals surface area (Å²) in [6.07, 6.45) is 1.72. The molecule has 0 unspecified atom stereocenters. The number of aromatic nitrogens is 3. The van der Waals surface area contributed by atoms with Gasteiger partial charge in [-0.2, -0.15) is 0 Å². The van der Waals surface area contributed by atoms with Gasteiger partial charge in [-0.1, -0.05) is 35.5 Å². The second-order valence-electron chi connectivity index (χ2n) is 6.12. The van der Waals surface area contributed by atoms with Crippen LogP contribution in [0.5, 0.6) is 0 Å². The highest BCUT2D eigenvalue weighted by Crippen LogP contribution is 2.14. The molecule has 3 aromatic rings. The lowest BCUT2D eigenvalue weighted by Crippen LogP contribution is -2.29. The van der Waals surface area contributed by atoms with Gasteiger partial charge in [0.1, 0.15) is 5.52 Å². The molecule has 7 nitrogen and oxygen atoms in total. The first-order valence-electron chi connectivity index (χ1n) is 8.98. The summed E-state index contributed by atoms with van der Waals surface area (Å²) in [5.41, 5.74) is 3.05. The molecule has 0 bridgehead atoms. The lowest BCUT2D eigenvalue weighted by Gasteiger charge is -2.07. The van der Waals surface area contributed by atoms with E-state index in [0.717, 1.165) is 18.4 Å². The van der Waals surface area contributed by atoms with Gasteiger partial charge in [0, 0.05) is 13.1 Å². The standard InChI is InChI=1S/C20H22N4O3/c1-2-24-18-11-10-16(13-17(18)22-23-24)20(26)27-14-19(25)21-12-6-9-15-7-4-3-5-8-15/h3-5,7-8,10-11,13H,2,6,9,12,14H2,1H3,(H,21,25). The van der Waals surface area contributed by atoms with Crippen LogP contribution in [0.2, 0.25) is 0 Å². The number of ether oxygens (including phenoxy) is 1.